The second-order valence-corrected chi connectivity index (χ2v) is 1.59. The fraction of sp³-hybridized carbons (Fsp3) is 0. The molecule has 3 nitrogen and oxygen atoms in total. The molecule has 10 heavy (non-hydrogen) atoms. The molecule has 0 heterocycles. The monoisotopic (exact) mass is 203 g/mol. The largest absolute Gasteiger partial charge is 0.269 e. The van der Waals surface area contributed by atoms with Gasteiger partial charge in [0.25, 0.3) is 5.69 Å². The lowest BCUT2D eigenvalue weighted by molar-refractivity contribution is -0.384. The lowest BCUT2D eigenvalue weighted by Gasteiger charge is -1.85. The van der Waals surface area contributed by atoms with Gasteiger partial charge in [-0.25, -0.2) is 0 Å². The zero-order chi connectivity index (χ0) is 6.69. The highest BCUT2D eigenvalue weighted by Crippen LogP contribution is 2.06. The second-order valence-electron chi connectivity index (χ2n) is 1.59. The van der Waals surface area contributed by atoms with Gasteiger partial charge in [0, 0.05) is 12.1 Å². The molecule has 4 heteroatoms. The molecule has 0 fully saturated rings. The number of rotatable bonds is 1. The van der Waals surface area contributed by atoms with Crippen molar-refractivity contribution < 1.29 is 4.92 Å². The maximum atomic E-state index is 10.0. The van der Waals surface area contributed by atoms with E-state index in [1.165, 1.54) is 12.1 Å². The van der Waals surface area contributed by atoms with Gasteiger partial charge in [0.05, 0.1) is 4.92 Å². The molecular formula is C6H6BrNO2. The standard InChI is InChI=1S/C6H5NO2.BrH/c8-7(9)6-4-2-1-3-5-6;/h1-5H;1H. The second kappa shape index (κ2) is 4.00. The van der Waals surface area contributed by atoms with E-state index in [1.807, 2.05) is 0 Å². The topological polar surface area (TPSA) is 43.1 Å². The highest BCUT2D eigenvalue weighted by Gasteiger charge is 1.98. The Morgan fingerprint density at radius 1 is 1.20 bits per heavy atom. The molecule has 1 aromatic rings. The third-order valence-corrected chi connectivity index (χ3v) is 0.967. The van der Waals surface area contributed by atoms with E-state index in [0.29, 0.717) is 0 Å². The van der Waals surface area contributed by atoms with Gasteiger partial charge in [-0.3, -0.25) is 10.1 Å². The molecule has 0 saturated carbocycles. The van der Waals surface area contributed by atoms with Crippen molar-refractivity contribution in [3.63, 3.8) is 0 Å². The van der Waals surface area contributed by atoms with Crippen LogP contribution in [0.3, 0.4) is 0 Å². The van der Waals surface area contributed by atoms with Crippen LogP contribution in [0.5, 0.6) is 0 Å². The Morgan fingerprint density at radius 2 is 1.70 bits per heavy atom. The summed E-state index contributed by atoms with van der Waals surface area (Å²) in [5.41, 5.74) is 0.137. The summed E-state index contributed by atoms with van der Waals surface area (Å²) in [5, 5.41) is 10.0. The quantitative estimate of drug-likeness (QED) is 0.519. The van der Waals surface area contributed by atoms with E-state index >= 15 is 0 Å². The first-order valence-electron chi connectivity index (χ1n) is 2.50. The van der Waals surface area contributed by atoms with Gasteiger partial charge in [0.2, 0.25) is 0 Å². The molecule has 0 N–H and O–H groups in total. The minimum absolute atomic E-state index is 0. The number of nitro groups is 1. The summed E-state index contributed by atoms with van der Waals surface area (Å²) in [4.78, 5) is 9.59. The van der Waals surface area contributed by atoms with Crippen molar-refractivity contribution in [2.75, 3.05) is 0 Å². The van der Waals surface area contributed by atoms with Gasteiger partial charge in [-0.15, -0.1) is 17.0 Å². The van der Waals surface area contributed by atoms with Crippen molar-refractivity contribution in [1.29, 1.82) is 0 Å². The first kappa shape index (κ1) is 9.10. The average molecular weight is 204 g/mol. The van der Waals surface area contributed by atoms with Crippen molar-refractivity contribution >= 4 is 22.7 Å². The fourth-order valence-corrected chi connectivity index (χ4v) is 0.550. The van der Waals surface area contributed by atoms with E-state index in [4.69, 9.17) is 0 Å². The molecule has 0 aromatic heterocycles. The van der Waals surface area contributed by atoms with Crippen LogP contribution >= 0.6 is 17.0 Å². The number of hydrogen-bond acceptors (Lipinski definition) is 2. The van der Waals surface area contributed by atoms with E-state index in [-0.39, 0.29) is 22.7 Å². The summed E-state index contributed by atoms with van der Waals surface area (Å²) in [7, 11) is 0. The van der Waals surface area contributed by atoms with Crippen LogP contribution in [0.4, 0.5) is 5.69 Å². The molecule has 0 atom stereocenters. The number of hydrogen-bond donors (Lipinski definition) is 0. The molecule has 0 spiro atoms. The lowest BCUT2D eigenvalue weighted by Crippen LogP contribution is -1.84. The Labute approximate surface area is 68.6 Å². The summed E-state index contributed by atoms with van der Waals surface area (Å²) in [6, 6.07) is 7.93. The minimum atomic E-state index is -0.417. The van der Waals surface area contributed by atoms with E-state index in [9.17, 15) is 10.1 Å². The molecule has 0 amide bonds. The maximum Gasteiger partial charge on any atom is 0.269 e. The normalized spacial score (nSPS) is 8.00. The van der Waals surface area contributed by atoms with Crippen molar-refractivity contribution in [2.45, 2.75) is 0 Å². The molecular weight excluding hydrogens is 198 g/mol. The van der Waals surface area contributed by atoms with Crippen LogP contribution in [-0.2, 0) is 0 Å². The van der Waals surface area contributed by atoms with Gasteiger partial charge >= 0.3 is 0 Å². The van der Waals surface area contributed by atoms with Crippen molar-refractivity contribution in [1.82, 2.24) is 0 Å². The van der Waals surface area contributed by atoms with Crippen molar-refractivity contribution in [2.24, 2.45) is 0 Å². The molecule has 0 aliphatic heterocycles. The van der Waals surface area contributed by atoms with Crippen LogP contribution in [0.1, 0.15) is 0 Å². The molecule has 1 rings (SSSR count). The highest BCUT2D eigenvalue weighted by molar-refractivity contribution is 8.93. The third-order valence-electron chi connectivity index (χ3n) is 0.967. The lowest BCUT2D eigenvalue weighted by atomic mass is 10.3. The maximum absolute atomic E-state index is 10.0. The average Bonchev–Trinajstić information content (AvgIpc) is 1.90. The van der Waals surface area contributed by atoms with Crippen LogP contribution in [0.2, 0.25) is 0 Å². The molecule has 0 bridgehead atoms. The number of nitro benzene ring substituents is 1. The van der Waals surface area contributed by atoms with E-state index in [0.717, 1.165) is 0 Å². The van der Waals surface area contributed by atoms with Crippen LogP contribution in [-0.4, -0.2) is 4.92 Å². The summed E-state index contributed by atoms with van der Waals surface area (Å²) < 4.78 is 0. The molecule has 0 aliphatic rings. The van der Waals surface area contributed by atoms with E-state index in [2.05, 4.69) is 0 Å². The Hall–Kier alpha value is -0.900. The number of nitrogens with zero attached hydrogens (tertiary/aromatic N) is 1. The first-order valence-corrected chi connectivity index (χ1v) is 2.50. The van der Waals surface area contributed by atoms with Gasteiger partial charge in [0.1, 0.15) is 0 Å². The summed E-state index contributed by atoms with van der Waals surface area (Å²) in [6.07, 6.45) is 0. The van der Waals surface area contributed by atoms with Crippen LogP contribution < -0.4 is 0 Å². The van der Waals surface area contributed by atoms with Crippen LogP contribution in [0.15, 0.2) is 30.3 Å². The molecule has 54 valence electrons. The molecule has 0 radical (unpaired) electrons. The molecule has 0 aliphatic carbocycles. The zero-order valence-corrected chi connectivity index (χ0v) is 6.77. The van der Waals surface area contributed by atoms with Gasteiger partial charge in [-0.05, 0) is 0 Å². The molecule has 0 unspecified atom stereocenters. The van der Waals surface area contributed by atoms with E-state index in [1.54, 1.807) is 18.2 Å². The third kappa shape index (κ3) is 2.14. The summed E-state index contributed by atoms with van der Waals surface area (Å²) in [5.74, 6) is 0. The highest BCUT2D eigenvalue weighted by atomic mass is 79.9. The van der Waals surface area contributed by atoms with E-state index < -0.39 is 4.92 Å². The van der Waals surface area contributed by atoms with Crippen LogP contribution in [0, 0.1) is 10.1 Å². The first-order chi connectivity index (χ1) is 4.30. The predicted octanol–water partition coefficient (Wildman–Crippen LogP) is 2.17. The predicted molar refractivity (Wildman–Crippen MR) is 43.4 cm³/mol. The number of para-hydroxylation sites is 1. The fourth-order valence-electron chi connectivity index (χ4n) is 0.550. The molecule has 1 aromatic carbocycles. The summed E-state index contributed by atoms with van der Waals surface area (Å²) in [6.45, 7) is 0. The van der Waals surface area contributed by atoms with Crippen molar-refractivity contribution in [3.05, 3.63) is 40.4 Å². The number of non-ortho nitro benzene ring substituents is 1. The number of benzene rings is 1. The van der Waals surface area contributed by atoms with Gasteiger partial charge in [-0.2, -0.15) is 0 Å². The van der Waals surface area contributed by atoms with Gasteiger partial charge in [0.15, 0.2) is 0 Å². The Balaban J connectivity index is 0.000000810. The number of halogens is 1. The molecule has 0 saturated heterocycles. The summed E-state index contributed by atoms with van der Waals surface area (Å²) >= 11 is 0. The van der Waals surface area contributed by atoms with Crippen molar-refractivity contribution in [3.8, 4) is 0 Å². The Bertz CT molecular complexity index is 212. The SMILES string of the molecule is Br.O=[N+]([O-])c1ccccc1. The Kier molecular flexibility index (Phi) is 3.64. The zero-order valence-electron chi connectivity index (χ0n) is 5.06. The van der Waals surface area contributed by atoms with Gasteiger partial charge < -0.3 is 0 Å². The van der Waals surface area contributed by atoms with Gasteiger partial charge in [-0.1, -0.05) is 18.2 Å². The minimum Gasteiger partial charge on any atom is -0.258 e. The van der Waals surface area contributed by atoms with Crippen LogP contribution in [0.25, 0.3) is 0 Å². The smallest absolute Gasteiger partial charge is 0.258 e. The Morgan fingerprint density at radius 3 is 2.00 bits per heavy atom.